The van der Waals surface area contributed by atoms with Gasteiger partial charge in [-0.1, -0.05) is 6.07 Å². The zero-order chi connectivity index (χ0) is 10.8. The van der Waals surface area contributed by atoms with Gasteiger partial charge in [0.25, 0.3) is 0 Å². The van der Waals surface area contributed by atoms with Crippen molar-refractivity contribution in [2.45, 2.75) is 31.9 Å². The van der Waals surface area contributed by atoms with Crippen LogP contribution < -0.4 is 15.2 Å². The smallest absolute Gasteiger partial charge is 0.161 e. The summed E-state index contributed by atoms with van der Waals surface area (Å²) in [6, 6.07) is 5.89. The topological polar surface area (TPSA) is 44.5 Å². The molecule has 15 heavy (non-hydrogen) atoms. The van der Waals surface area contributed by atoms with E-state index < -0.39 is 0 Å². The number of hydrogen-bond acceptors (Lipinski definition) is 3. The van der Waals surface area contributed by atoms with E-state index in [-0.39, 0.29) is 6.04 Å². The van der Waals surface area contributed by atoms with Crippen molar-refractivity contribution >= 4 is 0 Å². The highest BCUT2D eigenvalue weighted by molar-refractivity contribution is 5.44. The Morgan fingerprint density at radius 1 is 1.33 bits per heavy atom. The Bertz CT molecular complexity index is 345. The van der Waals surface area contributed by atoms with E-state index in [9.17, 15) is 0 Å². The van der Waals surface area contributed by atoms with Gasteiger partial charge < -0.3 is 15.2 Å². The fourth-order valence-electron chi connectivity index (χ4n) is 1.43. The van der Waals surface area contributed by atoms with E-state index in [1.165, 1.54) is 0 Å². The summed E-state index contributed by atoms with van der Waals surface area (Å²) in [5.74, 6) is 1.60. The first-order valence-electron chi connectivity index (χ1n) is 5.31. The highest BCUT2D eigenvalue weighted by Crippen LogP contribution is 2.35. The van der Waals surface area contributed by atoms with Crippen molar-refractivity contribution in [1.82, 2.24) is 0 Å². The molecular formula is C12H17NO2. The predicted molar refractivity (Wildman–Crippen MR) is 59.2 cm³/mol. The van der Waals surface area contributed by atoms with E-state index in [4.69, 9.17) is 15.2 Å². The highest BCUT2D eigenvalue weighted by Gasteiger charge is 2.25. The Balaban J connectivity index is 2.24. The van der Waals surface area contributed by atoms with Crippen LogP contribution in [0.25, 0.3) is 0 Å². The minimum absolute atomic E-state index is 0.0254. The van der Waals surface area contributed by atoms with Gasteiger partial charge in [-0.15, -0.1) is 0 Å². The van der Waals surface area contributed by atoms with Crippen molar-refractivity contribution in [2.75, 3.05) is 7.11 Å². The van der Waals surface area contributed by atoms with E-state index in [0.717, 1.165) is 29.9 Å². The molecule has 1 aromatic carbocycles. The Kier molecular flexibility index (Phi) is 2.82. The summed E-state index contributed by atoms with van der Waals surface area (Å²) in [4.78, 5) is 0. The van der Waals surface area contributed by atoms with Crippen molar-refractivity contribution in [3.8, 4) is 11.5 Å². The van der Waals surface area contributed by atoms with Crippen LogP contribution in [0.1, 0.15) is 31.4 Å². The van der Waals surface area contributed by atoms with Gasteiger partial charge in [0.15, 0.2) is 11.5 Å². The average molecular weight is 207 g/mol. The summed E-state index contributed by atoms with van der Waals surface area (Å²) in [6.45, 7) is 1.96. The second-order valence-electron chi connectivity index (χ2n) is 4.02. The molecule has 0 saturated heterocycles. The molecule has 0 heterocycles. The molecule has 1 fully saturated rings. The second-order valence-corrected chi connectivity index (χ2v) is 4.02. The summed E-state index contributed by atoms with van der Waals surface area (Å²) in [5, 5.41) is 0. The quantitative estimate of drug-likeness (QED) is 0.823. The summed E-state index contributed by atoms with van der Waals surface area (Å²) in [6.07, 6.45) is 2.67. The van der Waals surface area contributed by atoms with Gasteiger partial charge in [-0.25, -0.2) is 0 Å². The van der Waals surface area contributed by atoms with Crippen molar-refractivity contribution < 1.29 is 9.47 Å². The average Bonchev–Trinajstić information content (AvgIpc) is 3.01. The van der Waals surface area contributed by atoms with Crippen LogP contribution >= 0.6 is 0 Å². The molecule has 1 unspecified atom stereocenters. The van der Waals surface area contributed by atoms with E-state index in [0.29, 0.717) is 6.10 Å². The van der Waals surface area contributed by atoms with E-state index >= 15 is 0 Å². The van der Waals surface area contributed by atoms with Gasteiger partial charge in [-0.05, 0) is 37.5 Å². The van der Waals surface area contributed by atoms with E-state index in [1.54, 1.807) is 7.11 Å². The third-order valence-electron chi connectivity index (χ3n) is 2.53. The third-order valence-corrected chi connectivity index (χ3v) is 2.53. The Morgan fingerprint density at radius 2 is 2.07 bits per heavy atom. The number of nitrogens with two attached hydrogens (primary N) is 1. The molecule has 0 spiro atoms. The van der Waals surface area contributed by atoms with Gasteiger partial charge in [0.1, 0.15) is 0 Å². The summed E-state index contributed by atoms with van der Waals surface area (Å²) >= 11 is 0. The van der Waals surface area contributed by atoms with E-state index in [1.807, 2.05) is 25.1 Å². The zero-order valence-electron chi connectivity index (χ0n) is 9.19. The highest BCUT2D eigenvalue weighted by atomic mass is 16.5. The molecule has 1 aliphatic carbocycles. The lowest BCUT2D eigenvalue weighted by atomic mass is 10.1. The molecular weight excluding hydrogens is 190 g/mol. The lowest BCUT2D eigenvalue weighted by Crippen LogP contribution is -2.06. The molecule has 82 valence electrons. The van der Waals surface area contributed by atoms with Gasteiger partial charge in [0.2, 0.25) is 0 Å². The SMILES string of the molecule is COc1ccc(C(C)N)cc1OC1CC1. The zero-order valence-corrected chi connectivity index (χ0v) is 9.19. The van der Waals surface area contributed by atoms with Crippen molar-refractivity contribution in [1.29, 1.82) is 0 Å². The van der Waals surface area contributed by atoms with Crippen LogP contribution in [0.4, 0.5) is 0 Å². The number of rotatable bonds is 4. The first-order chi connectivity index (χ1) is 7.20. The molecule has 1 aromatic rings. The van der Waals surface area contributed by atoms with Crippen molar-refractivity contribution in [3.63, 3.8) is 0 Å². The molecule has 2 N–H and O–H groups in total. The summed E-state index contributed by atoms with van der Waals surface area (Å²) in [7, 11) is 1.65. The standard InChI is InChI=1S/C12H17NO2/c1-8(13)9-3-6-11(14-2)12(7-9)15-10-4-5-10/h3,6-8,10H,4-5,13H2,1-2H3. The Labute approximate surface area is 90.2 Å². The Morgan fingerprint density at radius 3 is 2.60 bits per heavy atom. The Hall–Kier alpha value is -1.22. The minimum atomic E-state index is 0.0254. The summed E-state index contributed by atoms with van der Waals surface area (Å²) in [5.41, 5.74) is 6.90. The molecule has 0 aromatic heterocycles. The lowest BCUT2D eigenvalue weighted by Gasteiger charge is -2.13. The number of ether oxygens (including phenoxy) is 2. The molecule has 1 saturated carbocycles. The molecule has 1 aliphatic rings. The fourth-order valence-corrected chi connectivity index (χ4v) is 1.43. The number of methoxy groups -OCH3 is 1. The van der Waals surface area contributed by atoms with Crippen LogP contribution in [0.3, 0.4) is 0 Å². The second kappa shape index (κ2) is 4.11. The van der Waals surface area contributed by atoms with Gasteiger partial charge in [0, 0.05) is 6.04 Å². The van der Waals surface area contributed by atoms with Gasteiger partial charge in [0.05, 0.1) is 13.2 Å². The summed E-state index contributed by atoms with van der Waals surface area (Å²) < 4.78 is 11.0. The van der Waals surface area contributed by atoms with Crippen LogP contribution in [0.2, 0.25) is 0 Å². The molecule has 0 amide bonds. The van der Waals surface area contributed by atoms with Crippen LogP contribution in [-0.4, -0.2) is 13.2 Å². The maximum absolute atomic E-state index is 5.82. The monoisotopic (exact) mass is 207 g/mol. The third kappa shape index (κ3) is 2.42. The van der Waals surface area contributed by atoms with Crippen LogP contribution in [0, 0.1) is 0 Å². The maximum atomic E-state index is 5.82. The molecule has 3 nitrogen and oxygen atoms in total. The molecule has 1 atom stereocenters. The number of benzene rings is 1. The van der Waals surface area contributed by atoms with Crippen molar-refractivity contribution in [3.05, 3.63) is 23.8 Å². The molecule has 2 rings (SSSR count). The van der Waals surface area contributed by atoms with Crippen LogP contribution in [0.15, 0.2) is 18.2 Å². The van der Waals surface area contributed by atoms with Gasteiger partial charge in [-0.3, -0.25) is 0 Å². The minimum Gasteiger partial charge on any atom is -0.493 e. The molecule has 0 bridgehead atoms. The van der Waals surface area contributed by atoms with Crippen LogP contribution in [-0.2, 0) is 0 Å². The lowest BCUT2D eigenvalue weighted by molar-refractivity contribution is 0.281. The van der Waals surface area contributed by atoms with Gasteiger partial charge in [-0.2, -0.15) is 0 Å². The van der Waals surface area contributed by atoms with Crippen molar-refractivity contribution in [2.24, 2.45) is 5.73 Å². The maximum Gasteiger partial charge on any atom is 0.161 e. The first-order valence-corrected chi connectivity index (χ1v) is 5.31. The normalized spacial score (nSPS) is 17.3. The number of hydrogen-bond donors (Lipinski definition) is 1. The largest absolute Gasteiger partial charge is 0.493 e. The van der Waals surface area contributed by atoms with Crippen LogP contribution in [0.5, 0.6) is 11.5 Å². The molecule has 0 radical (unpaired) electrons. The van der Waals surface area contributed by atoms with Gasteiger partial charge >= 0.3 is 0 Å². The van der Waals surface area contributed by atoms with E-state index in [2.05, 4.69) is 0 Å². The molecule has 0 aliphatic heterocycles. The fraction of sp³-hybridized carbons (Fsp3) is 0.500. The molecule has 3 heteroatoms. The predicted octanol–water partition coefficient (Wildman–Crippen LogP) is 2.26. The first kappa shape index (κ1) is 10.3.